The molecule has 6 heteroatoms. The van der Waals surface area contributed by atoms with E-state index in [1.807, 2.05) is 0 Å². The normalized spacial score (nSPS) is 18.1. The van der Waals surface area contributed by atoms with Crippen molar-refractivity contribution in [2.24, 2.45) is 5.73 Å². The van der Waals surface area contributed by atoms with Crippen LogP contribution in [0.4, 0.5) is 5.13 Å². The minimum atomic E-state index is -0.452. The number of piperazine rings is 1. The van der Waals surface area contributed by atoms with Crippen molar-refractivity contribution in [3.8, 4) is 0 Å². The Labute approximate surface area is 92.5 Å². The van der Waals surface area contributed by atoms with Gasteiger partial charge in [0.25, 0.3) is 5.91 Å². The molecule has 2 rings (SSSR count). The number of nitrogens with zero attached hydrogens (tertiary/aromatic N) is 3. The maximum absolute atomic E-state index is 10.9. The van der Waals surface area contributed by atoms with E-state index in [4.69, 9.17) is 5.73 Å². The summed E-state index contributed by atoms with van der Waals surface area (Å²) in [6.07, 6.45) is 0. The summed E-state index contributed by atoms with van der Waals surface area (Å²) in [5.74, 6) is -0.452. The summed E-state index contributed by atoms with van der Waals surface area (Å²) in [5, 5.41) is 2.62. The van der Waals surface area contributed by atoms with Crippen LogP contribution in [0.25, 0.3) is 0 Å². The molecule has 5 nitrogen and oxygen atoms in total. The fourth-order valence-electron chi connectivity index (χ4n) is 1.52. The highest BCUT2D eigenvalue weighted by Crippen LogP contribution is 2.21. The van der Waals surface area contributed by atoms with E-state index in [0.29, 0.717) is 5.69 Å². The van der Waals surface area contributed by atoms with Crippen molar-refractivity contribution < 1.29 is 4.79 Å². The molecule has 0 bridgehead atoms. The summed E-state index contributed by atoms with van der Waals surface area (Å²) in [6.45, 7) is 3.99. The lowest BCUT2D eigenvalue weighted by Crippen LogP contribution is -2.44. The topological polar surface area (TPSA) is 62.5 Å². The molecule has 1 aliphatic heterocycles. The molecule has 1 aliphatic rings. The van der Waals surface area contributed by atoms with Crippen molar-refractivity contribution in [1.29, 1.82) is 0 Å². The fourth-order valence-corrected chi connectivity index (χ4v) is 2.39. The highest BCUT2D eigenvalue weighted by atomic mass is 32.1. The molecule has 82 valence electrons. The Balaban J connectivity index is 2.06. The average Bonchev–Trinajstić information content (AvgIpc) is 2.68. The molecule has 1 fully saturated rings. The molecule has 0 atom stereocenters. The van der Waals surface area contributed by atoms with Crippen LogP contribution in [-0.2, 0) is 0 Å². The number of primary amides is 1. The van der Waals surface area contributed by atoms with Crippen LogP contribution < -0.4 is 10.6 Å². The Kier molecular flexibility index (Phi) is 2.88. The molecule has 0 saturated carbocycles. The fraction of sp³-hybridized carbons (Fsp3) is 0.556. The van der Waals surface area contributed by atoms with Gasteiger partial charge < -0.3 is 15.5 Å². The number of hydrogen-bond acceptors (Lipinski definition) is 5. The quantitative estimate of drug-likeness (QED) is 0.770. The zero-order valence-corrected chi connectivity index (χ0v) is 9.46. The molecular formula is C9H14N4OS. The van der Waals surface area contributed by atoms with Gasteiger partial charge in [-0.3, -0.25) is 4.79 Å². The predicted octanol–water partition coefficient (Wildman–Crippen LogP) is -0.00620. The number of carbonyl (C=O) groups excluding carboxylic acids is 1. The monoisotopic (exact) mass is 226 g/mol. The minimum absolute atomic E-state index is 0.369. The zero-order chi connectivity index (χ0) is 10.8. The molecule has 2 heterocycles. The molecule has 0 aromatic carbocycles. The maximum Gasteiger partial charge on any atom is 0.268 e. The van der Waals surface area contributed by atoms with Crippen LogP contribution in [0.5, 0.6) is 0 Å². The van der Waals surface area contributed by atoms with Gasteiger partial charge in [0.2, 0.25) is 0 Å². The molecular weight excluding hydrogens is 212 g/mol. The second-order valence-corrected chi connectivity index (χ2v) is 4.51. The number of thiazole rings is 1. The number of amides is 1. The average molecular weight is 226 g/mol. The van der Waals surface area contributed by atoms with Gasteiger partial charge in [0.1, 0.15) is 5.69 Å². The lowest BCUT2D eigenvalue weighted by Gasteiger charge is -2.32. The van der Waals surface area contributed by atoms with E-state index in [2.05, 4.69) is 21.8 Å². The van der Waals surface area contributed by atoms with Crippen molar-refractivity contribution in [2.45, 2.75) is 0 Å². The van der Waals surface area contributed by atoms with Crippen LogP contribution in [0.3, 0.4) is 0 Å². The van der Waals surface area contributed by atoms with Crippen molar-refractivity contribution in [1.82, 2.24) is 9.88 Å². The summed E-state index contributed by atoms with van der Waals surface area (Å²) in [4.78, 5) is 19.6. The first-order chi connectivity index (χ1) is 7.16. The van der Waals surface area contributed by atoms with E-state index in [0.717, 1.165) is 31.3 Å². The van der Waals surface area contributed by atoms with Gasteiger partial charge in [-0.2, -0.15) is 0 Å². The van der Waals surface area contributed by atoms with Crippen LogP contribution in [0, 0.1) is 0 Å². The van der Waals surface area contributed by atoms with Gasteiger partial charge in [-0.15, -0.1) is 11.3 Å². The van der Waals surface area contributed by atoms with Crippen molar-refractivity contribution in [3.05, 3.63) is 11.1 Å². The lowest BCUT2D eigenvalue weighted by atomic mass is 10.3. The zero-order valence-electron chi connectivity index (χ0n) is 8.64. The summed E-state index contributed by atoms with van der Waals surface area (Å²) < 4.78 is 0. The van der Waals surface area contributed by atoms with E-state index in [-0.39, 0.29) is 0 Å². The van der Waals surface area contributed by atoms with Gasteiger partial charge in [-0.1, -0.05) is 0 Å². The van der Waals surface area contributed by atoms with E-state index in [1.165, 1.54) is 11.3 Å². The molecule has 1 amide bonds. The number of rotatable bonds is 2. The first kappa shape index (κ1) is 10.4. The van der Waals surface area contributed by atoms with Crippen molar-refractivity contribution in [2.75, 3.05) is 38.1 Å². The molecule has 0 spiro atoms. The van der Waals surface area contributed by atoms with Crippen LogP contribution >= 0.6 is 11.3 Å². The first-order valence-corrected chi connectivity index (χ1v) is 5.73. The number of aromatic nitrogens is 1. The van der Waals surface area contributed by atoms with E-state index >= 15 is 0 Å². The third kappa shape index (κ3) is 2.27. The summed E-state index contributed by atoms with van der Waals surface area (Å²) in [5.41, 5.74) is 5.53. The number of carbonyl (C=O) groups is 1. The summed E-state index contributed by atoms with van der Waals surface area (Å²) >= 11 is 1.48. The Morgan fingerprint density at radius 3 is 2.67 bits per heavy atom. The molecule has 1 aromatic rings. The van der Waals surface area contributed by atoms with Crippen LogP contribution in [0.2, 0.25) is 0 Å². The van der Waals surface area contributed by atoms with Gasteiger partial charge in [0.15, 0.2) is 5.13 Å². The number of anilines is 1. The molecule has 1 aromatic heterocycles. The van der Waals surface area contributed by atoms with Crippen LogP contribution in [0.1, 0.15) is 10.5 Å². The standard InChI is InChI=1S/C9H14N4OS/c1-12-2-4-13(5-3-12)9-11-7(6-15-9)8(10)14/h6H,2-5H2,1H3,(H2,10,14). The van der Waals surface area contributed by atoms with E-state index in [1.54, 1.807) is 5.38 Å². The van der Waals surface area contributed by atoms with Crippen LogP contribution in [0.15, 0.2) is 5.38 Å². The number of hydrogen-bond donors (Lipinski definition) is 1. The lowest BCUT2D eigenvalue weighted by molar-refractivity contribution is 0.0996. The second-order valence-electron chi connectivity index (χ2n) is 3.67. The second kappa shape index (κ2) is 4.16. The highest BCUT2D eigenvalue weighted by molar-refractivity contribution is 7.13. The molecule has 2 N–H and O–H groups in total. The highest BCUT2D eigenvalue weighted by Gasteiger charge is 2.17. The Morgan fingerprint density at radius 2 is 2.13 bits per heavy atom. The third-order valence-corrected chi connectivity index (χ3v) is 3.42. The van der Waals surface area contributed by atoms with Gasteiger partial charge in [0, 0.05) is 31.6 Å². The molecule has 15 heavy (non-hydrogen) atoms. The molecule has 0 unspecified atom stereocenters. The van der Waals surface area contributed by atoms with E-state index in [9.17, 15) is 4.79 Å². The van der Waals surface area contributed by atoms with E-state index < -0.39 is 5.91 Å². The predicted molar refractivity (Wildman–Crippen MR) is 60.3 cm³/mol. The minimum Gasteiger partial charge on any atom is -0.364 e. The van der Waals surface area contributed by atoms with Crippen molar-refractivity contribution >= 4 is 22.4 Å². The molecule has 1 saturated heterocycles. The smallest absolute Gasteiger partial charge is 0.268 e. The molecule has 0 radical (unpaired) electrons. The number of likely N-dealkylation sites (N-methyl/N-ethyl adjacent to an activating group) is 1. The van der Waals surface area contributed by atoms with Gasteiger partial charge in [-0.25, -0.2) is 4.98 Å². The maximum atomic E-state index is 10.9. The summed E-state index contributed by atoms with van der Waals surface area (Å²) in [6, 6.07) is 0. The van der Waals surface area contributed by atoms with Crippen molar-refractivity contribution in [3.63, 3.8) is 0 Å². The molecule has 0 aliphatic carbocycles. The summed E-state index contributed by atoms with van der Waals surface area (Å²) in [7, 11) is 2.11. The van der Waals surface area contributed by atoms with Gasteiger partial charge in [0.05, 0.1) is 0 Å². The Bertz CT molecular complexity index is 357. The largest absolute Gasteiger partial charge is 0.364 e. The Hall–Kier alpha value is -1.14. The van der Waals surface area contributed by atoms with Crippen LogP contribution in [-0.4, -0.2) is 49.0 Å². The third-order valence-electron chi connectivity index (χ3n) is 2.52. The van der Waals surface area contributed by atoms with Gasteiger partial charge >= 0.3 is 0 Å². The Morgan fingerprint density at radius 1 is 1.47 bits per heavy atom. The SMILES string of the molecule is CN1CCN(c2nc(C(N)=O)cs2)CC1. The van der Waals surface area contributed by atoms with Gasteiger partial charge in [-0.05, 0) is 7.05 Å². The number of nitrogens with two attached hydrogens (primary N) is 1. The first-order valence-electron chi connectivity index (χ1n) is 4.85.